The van der Waals surface area contributed by atoms with E-state index in [9.17, 15) is 9.59 Å². The molecule has 0 spiro atoms. The fourth-order valence-electron chi connectivity index (χ4n) is 4.19. The normalized spacial score (nSPS) is 16.9. The predicted molar refractivity (Wildman–Crippen MR) is 122 cm³/mol. The number of ether oxygens (including phenoxy) is 1. The Labute approximate surface area is 182 Å². The molecule has 1 saturated carbocycles. The fraction of sp³-hybridized carbons (Fsp3) is 0.565. The average molecular weight is 432 g/mol. The summed E-state index contributed by atoms with van der Waals surface area (Å²) in [7, 11) is 1.60. The number of methoxy groups -OCH3 is 1. The first-order valence-electron chi connectivity index (χ1n) is 10.9. The highest BCUT2D eigenvalue weighted by molar-refractivity contribution is 7.17. The van der Waals surface area contributed by atoms with E-state index in [4.69, 9.17) is 10.5 Å². The third-order valence-electron chi connectivity index (χ3n) is 5.87. The molecule has 1 aliphatic rings. The summed E-state index contributed by atoms with van der Waals surface area (Å²) in [6.45, 7) is 0.875. The lowest BCUT2D eigenvalue weighted by Crippen LogP contribution is -2.53. The highest BCUT2D eigenvalue weighted by Gasteiger charge is 2.27. The van der Waals surface area contributed by atoms with Crippen molar-refractivity contribution < 1.29 is 14.3 Å². The van der Waals surface area contributed by atoms with Crippen molar-refractivity contribution in [3.8, 4) is 0 Å². The second-order valence-electron chi connectivity index (χ2n) is 8.15. The molecule has 164 valence electrons. The van der Waals surface area contributed by atoms with E-state index in [1.54, 1.807) is 18.4 Å². The predicted octanol–water partition coefficient (Wildman–Crippen LogP) is 2.99. The van der Waals surface area contributed by atoms with Gasteiger partial charge in [0, 0.05) is 18.4 Å². The summed E-state index contributed by atoms with van der Waals surface area (Å²) in [6.07, 6.45) is 7.00. The number of hydrogen-bond acceptors (Lipinski definition) is 5. The Morgan fingerprint density at radius 2 is 1.97 bits per heavy atom. The van der Waals surface area contributed by atoms with Gasteiger partial charge in [0.25, 0.3) is 0 Å². The number of rotatable bonds is 10. The Hall–Kier alpha value is -1.96. The van der Waals surface area contributed by atoms with E-state index in [0.29, 0.717) is 31.9 Å². The summed E-state index contributed by atoms with van der Waals surface area (Å²) in [6, 6.07) is 6.88. The standard InChI is InChI=1S/C23H33N3O3S/c1-29-12-11-25-23(28)20(13-16-7-3-2-4-8-16)26-22(27)19(24)14-17-15-30-21-10-6-5-9-18(17)21/h5-6,9-10,15-16,19-20H,2-4,7-8,11-14,24H2,1H3,(H,25,28)(H,26,27)/t19?,20-/m0/s1. The Kier molecular flexibility index (Phi) is 8.66. The van der Waals surface area contributed by atoms with Gasteiger partial charge in [-0.15, -0.1) is 11.3 Å². The van der Waals surface area contributed by atoms with Crippen LogP contribution in [0.3, 0.4) is 0 Å². The van der Waals surface area contributed by atoms with Crippen LogP contribution >= 0.6 is 11.3 Å². The van der Waals surface area contributed by atoms with E-state index in [-0.39, 0.29) is 11.8 Å². The minimum atomic E-state index is -0.691. The van der Waals surface area contributed by atoms with Crippen LogP contribution in [0.1, 0.15) is 44.1 Å². The topological polar surface area (TPSA) is 93.5 Å². The number of hydrogen-bond donors (Lipinski definition) is 3. The minimum Gasteiger partial charge on any atom is -0.383 e. The van der Waals surface area contributed by atoms with Crippen molar-refractivity contribution in [2.24, 2.45) is 11.7 Å². The summed E-state index contributed by atoms with van der Waals surface area (Å²) in [4.78, 5) is 25.6. The quantitative estimate of drug-likeness (QED) is 0.504. The Morgan fingerprint density at radius 3 is 2.73 bits per heavy atom. The minimum absolute atomic E-state index is 0.154. The van der Waals surface area contributed by atoms with Crippen LogP contribution in [0.15, 0.2) is 29.6 Å². The number of nitrogens with one attached hydrogen (secondary N) is 2. The number of carbonyl (C=O) groups excluding carboxylic acids is 2. The molecule has 0 bridgehead atoms. The Bertz CT molecular complexity index is 832. The largest absolute Gasteiger partial charge is 0.383 e. The third-order valence-corrected chi connectivity index (χ3v) is 6.88. The number of carbonyl (C=O) groups is 2. The van der Waals surface area contributed by atoms with Crippen LogP contribution in [0, 0.1) is 5.92 Å². The maximum Gasteiger partial charge on any atom is 0.242 e. The summed E-state index contributed by atoms with van der Waals surface area (Å²) in [5.74, 6) is 0.0430. The van der Waals surface area contributed by atoms with Crippen LogP contribution in [0.25, 0.3) is 10.1 Å². The van der Waals surface area contributed by atoms with Crippen LogP contribution in [-0.2, 0) is 20.7 Å². The highest BCUT2D eigenvalue weighted by Crippen LogP contribution is 2.28. The molecule has 0 radical (unpaired) electrons. The first kappa shape index (κ1) is 22.7. The zero-order chi connectivity index (χ0) is 21.3. The average Bonchev–Trinajstić information content (AvgIpc) is 3.17. The molecular formula is C23H33N3O3S. The summed E-state index contributed by atoms with van der Waals surface area (Å²) in [5, 5.41) is 9.01. The second kappa shape index (κ2) is 11.4. The molecule has 0 saturated heterocycles. The van der Waals surface area contributed by atoms with Gasteiger partial charge in [-0.3, -0.25) is 9.59 Å². The first-order valence-corrected chi connectivity index (χ1v) is 11.7. The number of fused-ring (bicyclic) bond motifs is 1. The molecule has 1 aromatic heterocycles. The van der Waals surface area contributed by atoms with Gasteiger partial charge in [0.15, 0.2) is 0 Å². The van der Waals surface area contributed by atoms with Gasteiger partial charge < -0.3 is 21.1 Å². The smallest absolute Gasteiger partial charge is 0.242 e. The molecule has 4 N–H and O–H groups in total. The summed E-state index contributed by atoms with van der Waals surface area (Å²) < 4.78 is 6.20. The third kappa shape index (κ3) is 6.27. The molecule has 7 heteroatoms. The lowest BCUT2D eigenvalue weighted by molar-refractivity contribution is -0.130. The van der Waals surface area contributed by atoms with Gasteiger partial charge in [-0.25, -0.2) is 0 Å². The van der Waals surface area contributed by atoms with E-state index < -0.39 is 12.1 Å². The molecule has 1 heterocycles. The van der Waals surface area contributed by atoms with Crippen molar-refractivity contribution in [2.45, 2.75) is 57.0 Å². The number of benzene rings is 1. The van der Waals surface area contributed by atoms with Crippen LogP contribution < -0.4 is 16.4 Å². The van der Waals surface area contributed by atoms with Gasteiger partial charge in [-0.2, -0.15) is 0 Å². The molecule has 1 unspecified atom stereocenters. The maximum atomic E-state index is 12.9. The van der Waals surface area contributed by atoms with Crippen molar-refractivity contribution in [2.75, 3.05) is 20.3 Å². The molecular weight excluding hydrogens is 398 g/mol. The molecule has 2 amide bonds. The van der Waals surface area contributed by atoms with Gasteiger partial charge in [0.1, 0.15) is 6.04 Å². The van der Waals surface area contributed by atoms with Crippen LogP contribution in [0.5, 0.6) is 0 Å². The van der Waals surface area contributed by atoms with Gasteiger partial charge in [0.2, 0.25) is 11.8 Å². The Balaban J connectivity index is 1.62. The Morgan fingerprint density at radius 1 is 1.20 bits per heavy atom. The van der Waals surface area contributed by atoms with Gasteiger partial charge >= 0.3 is 0 Å². The molecule has 1 aromatic carbocycles. The lowest BCUT2D eigenvalue weighted by atomic mass is 9.84. The summed E-state index contributed by atoms with van der Waals surface area (Å²) >= 11 is 1.66. The molecule has 30 heavy (non-hydrogen) atoms. The highest BCUT2D eigenvalue weighted by atomic mass is 32.1. The summed E-state index contributed by atoms with van der Waals surface area (Å²) in [5.41, 5.74) is 7.32. The number of thiophene rings is 1. The fourth-order valence-corrected chi connectivity index (χ4v) is 5.16. The van der Waals surface area contributed by atoms with E-state index in [2.05, 4.69) is 28.1 Å². The second-order valence-corrected chi connectivity index (χ2v) is 9.06. The van der Waals surface area contributed by atoms with Crippen LogP contribution in [0.2, 0.25) is 0 Å². The lowest BCUT2D eigenvalue weighted by Gasteiger charge is -2.27. The zero-order valence-electron chi connectivity index (χ0n) is 17.7. The molecule has 2 aromatic rings. The van der Waals surface area contributed by atoms with E-state index in [1.165, 1.54) is 24.0 Å². The van der Waals surface area contributed by atoms with Crippen molar-refractivity contribution in [3.63, 3.8) is 0 Å². The molecule has 6 nitrogen and oxygen atoms in total. The van der Waals surface area contributed by atoms with Crippen LogP contribution in [0.4, 0.5) is 0 Å². The molecule has 3 rings (SSSR count). The monoisotopic (exact) mass is 431 g/mol. The number of amides is 2. The van der Waals surface area contributed by atoms with Crippen LogP contribution in [-0.4, -0.2) is 44.2 Å². The van der Waals surface area contributed by atoms with Gasteiger partial charge in [0.05, 0.1) is 12.6 Å². The van der Waals surface area contributed by atoms with E-state index in [1.807, 2.05) is 12.1 Å². The molecule has 0 aliphatic heterocycles. The van der Waals surface area contributed by atoms with Crippen molar-refractivity contribution in [1.82, 2.24) is 10.6 Å². The van der Waals surface area contributed by atoms with Gasteiger partial charge in [-0.1, -0.05) is 50.3 Å². The SMILES string of the molecule is COCCNC(=O)[C@H](CC1CCCCC1)NC(=O)C(N)Cc1csc2ccccc12. The molecule has 2 atom stereocenters. The van der Waals surface area contributed by atoms with Crippen molar-refractivity contribution >= 4 is 33.2 Å². The van der Waals surface area contributed by atoms with Crippen molar-refractivity contribution in [1.29, 1.82) is 0 Å². The van der Waals surface area contributed by atoms with E-state index in [0.717, 1.165) is 23.8 Å². The molecule has 1 fully saturated rings. The number of nitrogens with two attached hydrogens (primary N) is 1. The van der Waals surface area contributed by atoms with Crippen molar-refractivity contribution in [3.05, 3.63) is 35.2 Å². The maximum absolute atomic E-state index is 12.9. The first-order chi connectivity index (χ1) is 14.6. The van der Waals surface area contributed by atoms with E-state index >= 15 is 0 Å². The van der Waals surface area contributed by atoms with Gasteiger partial charge in [-0.05, 0) is 41.2 Å². The zero-order valence-corrected chi connectivity index (χ0v) is 18.5. The molecule has 1 aliphatic carbocycles.